The first-order valence-corrected chi connectivity index (χ1v) is 7.59. The summed E-state index contributed by atoms with van der Waals surface area (Å²) in [6.07, 6.45) is 8.26. The van der Waals surface area contributed by atoms with Gasteiger partial charge in [-0.15, -0.1) is 0 Å². The second-order valence-corrected chi connectivity index (χ2v) is 5.69. The van der Waals surface area contributed by atoms with Gasteiger partial charge < -0.3 is 5.32 Å². The van der Waals surface area contributed by atoms with Crippen molar-refractivity contribution in [1.82, 2.24) is 5.32 Å². The van der Waals surface area contributed by atoms with Gasteiger partial charge in [0, 0.05) is 6.04 Å². The number of aryl methyl sites for hydroxylation is 1. The van der Waals surface area contributed by atoms with Crippen molar-refractivity contribution in [2.75, 3.05) is 6.54 Å². The van der Waals surface area contributed by atoms with E-state index in [0.29, 0.717) is 0 Å². The number of nitrogens with one attached hydrogen (secondary N) is 1. The molecule has 1 N–H and O–H groups in total. The average molecular weight is 245 g/mol. The van der Waals surface area contributed by atoms with Gasteiger partial charge in [-0.1, -0.05) is 50.5 Å². The third-order valence-electron chi connectivity index (χ3n) is 4.37. The van der Waals surface area contributed by atoms with Gasteiger partial charge in [-0.3, -0.25) is 0 Å². The van der Waals surface area contributed by atoms with Crippen molar-refractivity contribution in [2.24, 2.45) is 5.92 Å². The van der Waals surface area contributed by atoms with Crippen molar-refractivity contribution in [1.29, 1.82) is 0 Å². The molecule has 2 atom stereocenters. The fourth-order valence-corrected chi connectivity index (χ4v) is 3.28. The summed E-state index contributed by atoms with van der Waals surface area (Å²) in [6, 6.07) is 9.61. The summed E-state index contributed by atoms with van der Waals surface area (Å²) in [7, 11) is 0. The van der Waals surface area contributed by atoms with Gasteiger partial charge >= 0.3 is 0 Å². The second kappa shape index (κ2) is 6.94. The van der Waals surface area contributed by atoms with E-state index in [9.17, 15) is 0 Å². The Labute approximate surface area is 112 Å². The van der Waals surface area contributed by atoms with Crippen molar-refractivity contribution in [2.45, 2.75) is 58.4 Å². The van der Waals surface area contributed by atoms with Crippen LogP contribution in [0.2, 0.25) is 0 Å². The lowest BCUT2D eigenvalue weighted by Gasteiger charge is -2.26. The summed E-state index contributed by atoms with van der Waals surface area (Å²) in [5.41, 5.74) is 3.00. The molecule has 1 saturated carbocycles. The first-order chi connectivity index (χ1) is 8.81. The summed E-state index contributed by atoms with van der Waals surface area (Å²) in [5.74, 6) is 0.827. The summed E-state index contributed by atoms with van der Waals surface area (Å²) in [6.45, 7) is 5.58. The maximum absolute atomic E-state index is 3.71. The first-order valence-electron chi connectivity index (χ1n) is 7.59. The standard InChI is InChI=1S/C17H27N/c1-3-18-17-12-6-4-5-11-16(17)13-15-10-8-7-9-14(15)2/h7-10,16-18H,3-6,11-13H2,1-2H3. The zero-order chi connectivity index (χ0) is 12.8. The fraction of sp³-hybridized carbons (Fsp3) is 0.647. The minimum absolute atomic E-state index is 0.733. The lowest BCUT2D eigenvalue weighted by atomic mass is 9.87. The normalized spacial score (nSPS) is 24.8. The Morgan fingerprint density at radius 1 is 1.11 bits per heavy atom. The first kappa shape index (κ1) is 13.6. The molecule has 0 amide bonds. The molecular weight excluding hydrogens is 218 g/mol. The minimum atomic E-state index is 0.733. The van der Waals surface area contributed by atoms with Crippen LogP contribution in [0.4, 0.5) is 0 Å². The molecular formula is C17H27N. The SMILES string of the molecule is CCNC1CCCCCC1Cc1ccccc1C. The molecule has 1 aliphatic carbocycles. The van der Waals surface area contributed by atoms with Crippen LogP contribution >= 0.6 is 0 Å². The lowest BCUT2D eigenvalue weighted by Crippen LogP contribution is -2.36. The molecule has 2 rings (SSSR count). The molecule has 0 aromatic heterocycles. The molecule has 0 spiro atoms. The Hall–Kier alpha value is -0.820. The van der Waals surface area contributed by atoms with Gasteiger partial charge in [0.05, 0.1) is 0 Å². The average Bonchev–Trinajstić information content (AvgIpc) is 2.59. The molecule has 1 nitrogen and oxygen atoms in total. The largest absolute Gasteiger partial charge is 0.314 e. The molecule has 0 saturated heterocycles. The van der Waals surface area contributed by atoms with Gasteiger partial charge in [0.15, 0.2) is 0 Å². The molecule has 0 bridgehead atoms. The monoisotopic (exact) mass is 245 g/mol. The van der Waals surface area contributed by atoms with Crippen LogP contribution in [-0.2, 0) is 6.42 Å². The highest BCUT2D eigenvalue weighted by atomic mass is 14.9. The fourth-order valence-electron chi connectivity index (χ4n) is 3.28. The van der Waals surface area contributed by atoms with Gasteiger partial charge in [0.25, 0.3) is 0 Å². The quantitative estimate of drug-likeness (QED) is 0.788. The lowest BCUT2D eigenvalue weighted by molar-refractivity contribution is 0.337. The molecule has 2 unspecified atom stereocenters. The molecule has 0 aliphatic heterocycles. The van der Waals surface area contributed by atoms with Crippen molar-refractivity contribution in [3.63, 3.8) is 0 Å². The molecule has 100 valence electrons. The van der Waals surface area contributed by atoms with E-state index in [0.717, 1.165) is 18.5 Å². The molecule has 1 fully saturated rings. The van der Waals surface area contributed by atoms with E-state index in [2.05, 4.69) is 43.4 Å². The predicted octanol–water partition coefficient (Wildman–Crippen LogP) is 4.10. The molecule has 1 aliphatic rings. The number of hydrogen-bond donors (Lipinski definition) is 1. The van der Waals surface area contributed by atoms with Crippen LogP contribution in [-0.4, -0.2) is 12.6 Å². The van der Waals surface area contributed by atoms with Crippen LogP contribution in [0.15, 0.2) is 24.3 Å². The maximum atomic E-state index is 3.71. The zero-order valence-corrected chi connectivity index (χ0v) is 11.9. The highest BCUT2D eigenvalue weighted by Gasteiger charge is 2.23. The van der Waals surface area contributed by atoms with Crippen LogP contribution in [0.3, 0.4) is 0 Å². The highest BCUT2D eigenvalue weighted by Crippen LogP contribution is 2.27. The van der Waals surface area contributed by atoms with Crippen LogP contribution in [0.25, 0.3) is 0 Å². The van der Waals surface area contributed by atoms with E-state index in [4.69, 9.17) is 0 Å². The Morgan fingerprint density at radius 2 is 1.89 bits per heavy atom. The summed E-state index contributed by atoms with van der Waals surface area (Å²) < 4.78 is 0. The maximum Gasteiger partial charge on any atom is 0.00983 e. The van der Waals surface area contributed by atoms with Crippen molar-refractivity contribution in [3.05, 3.63) is 35.4 Å². The van der Waals surface area contributed by atoms with E-state index < -0.39 is 0 Å². The summed E-state index contributed by atoms with van der Waals surface area (Å²) in [5, 5.41) is 3.71. The van der Waals surface area contributed by atoms with E-state index in [1.165, 1.54) is 44.1 Å². The van der Waals surface area contributed by atoms with Gasteiger partial charge in [-0.25, -0.2) is 0 Å². The number of hydrogen-bond acceptors (Lipinski definition) is 1. The zero-order valence-electron chi connectivity index (χ0n) is 11.9. The van der Waals surface area contributed by atoms with Gasteiger partial charge in [0.1, 0.15) is 0 Å². The highest BCUT2D eigenvalue weighted by molar-refractivity contribution is 5.26. The Bertz CT molecular complexity index is 358. The molecule has 18 heavy (non-hydrogen) atoms. The summed E-state index contributed by atoms with van der Waals surface area (Å²) in [4.78, 5) is 0. The molecule has 1 aromatic carbocycles. The van der Waals surface area contributed by atoms with Gasteiger partial charge in [-0.2, -0.15) is 0 Å². The van der Waals surface area contributed by atoms with E-state index in [1.54, 1.807) is 5.56 Å². The van der Waals surface area contributed by atoms with Crippen molar-refractivity contribution in [3.8, 4) is 0 Å². The van der Waals surface area contributed by atoms with Crippen LogP contribution < -0.4 is 5.32 Å². The second-order valence-electron chi connectivity index (χ2n) is 5.69. The third kappa shape index (κ3) is 3.58. The molecule has 0 radical (unpaired) electrons. The topological polar surface area (TPSA) is 12.0 Å². The smallest absolute Gasteiger partial charge is 0.00983 e. The number of benzene rings is 1. The molecule has 1 aromatic rings. The predicted molar refractivity (Wildman–Crippen MR) is 78.9 cm³/mol. The van der Waals surface area contributed by atoms with E-state index >= 15 is 0 Å². The Balaban J connectivity index is 2.06. The number of rotatable bonds is 4. The van der Waals surface area contributed by atoms with Gasteiger partial charge in [0.2, 0.25) is 0 Å². The molecule has 0 heterocycles. The Kier molecular flexibility index (Phi) is 5.25. The molecule has 1 heteroatoms. The van der Waals surface area contributed by atoms with Crippen LogP contribution in [0.5, 0.6) is 0 Å². The Morgan fingerprint density at radius 3 is 2.67 bits per heavy atom. The van der Waals surface area contributed by atoms with Crippen molar-refractivity contribution >= 4 is 0 Å². The van der Waals surface area contributed by atoms with Crippen LogP contribution in [0.1, 0.15) is 50.2 Å². The summed E-state index contributed by atoms with van der Waals surface area (Å²) >= 11 is 0. The minimum Gasteiger partial charge on any atom is -0.314 e. The van der Waals surface area contributed by atoms with Crippen molar-refractivity contribution < 1.29 is 0 Å². The van der Waals surface area contributed by atoms with E-state index in [1.807, 2.05) is 0 Å². The third-order valence-corrected chi connectivity index (χ3v) is 4.37. The van der Waals surface area contributed by atoms with E-state index in [-0.39, 0.29) is 0 Å². The van der Waals surface area contributed by atoms with Gasteiger partial charge in [-0.05, 0) is 49.8 Å². The van der Waals surface area contributed by atoms with Crippen LogP contribution in [0, 0.1) is 12.8 Å².